The van der Waals surface area contributed by atoms with Crippen molar-refractivity contribution in [2.75, 3.05) is 32.6 Å². The molecule has 1 amide bonds. The number of ketones is 2. The van der Waals surface area contributed by atoms with Gasteiger partial charge in [-0.2, -0.15) is 0 Å². The maximum Gasteiger partial charge on any atom is 0.357 e. The van der Waals surface area contributed by atoms with Crippen LogP contribution in [0.2, 0.25) is 0 Å². The van der Waals surface area contributed by atoms with E-state index in [2.05, 4.69) is 5.32 Å². The van der Waals surface area contributed by atoms with Gasteiger partial charge in [-0.15, -0.1) is 0 Å². The predicted molar refractivity (Wildman–Crippen MR) is 173 cm³/mol. The number of amides is 1. The van der Waals surface area contributed by atoms with E-state index >= 15 is 0 Å². The van der Waals surface area contributed by atoms with Crippen LogP contribution in [0.4, 0.5) is 5.69 Å². The lowest BCUT2D eigenvalue weighted by molar-refractivity contribution is -0.162. The van der Waals surface area contributed by atoms with Crippen molar-refractivity contribution in [1.29, 1.82) is 0 Å². The van der Waals surface area contributed by atoms with Gasteiger partial charge in [-0.05, 0) is 51.1 Å². The number of likely N-dealkylation sites (N-methyl/N-ethyl adjacent to an activating group) is 1. The summed E-state index contributed by atoms with van der Waals surface area (Å²) < 4.78 is 25.3. The van der Waals surface area contributed by atoms with Gasteiger partial charge >= 0.3 is 7.60 Å². The number of nitrogens with zero attached hydrogens (tertiary/aromatic N) is 1. The Morgan fingerprint density at radius 1 is 1.06 bits per heavy atom. The average molecular weight is 686 g/mol. The van der Waals surface area contributed by atoms with Crippen molar-refractivity contribution in [3.8, 4) is 5.75 Å². The molecule has 0 fully saturated rings. The number of anilines is 1. The smallest absolute Gasteiger partial charge is 0.357 e. The minimum atomic E-state index is -3.93. The van der Waals surface area contributed by atoms with Crippen molar-refractivity contribution in [2.45, 2.75) is 50.2 Å². The van der Waals surface area contributed by atoms with Gasteiger partial charge < -0.3 is 45.6 Å². The molecule has 0 spiro atoms. The zero-order valence-electron chi connectivity index (χ0n) is 27.1. The third-order valence-electron chi connectivity index (χ3n) is 9.47. The van der Waals surface area contributed by atoms with E-state index in [1.54, 1.807) is 51.1 Å². The van der Waals surface area contributed by atoms with Crippen molar-refractivity contribution >= 4 is 30.8 Å². The van der Waals surface area contributed by atoms with E-state index in [0.717, 1.165) is 0 Å². The summed E-state index contributed by atoms with van der Waals surface area (Å²) in [6.45, 7) is 5.04. The normalized spacial score (nSPS) is 27.8. The number of primary amides is 1. The number of hydrogen-bond donors (Lipinski definition) is 7. The third-order valence-corrected chi connectivity index (χ3v) is 11.8. The Balaban J connectivity index is 1.68. The number of Topliss-reactive ketones (excluding diaryl/α,β-unsaturated/α-hetero) is 2. The van der Waals surface area contributed by atoms with E-state index in [4.69, 9.17) is 14.8 Å². The van der Waals surface area contributed by atoms with Crippen LogP contribution >= 0.6 is 7.60 Å². The van der Waals surface area contributed by atoms with Gasteiger partial charge in [0.25, 0.3) is 5.91 Å². The SMILES string of the molecule is CCOP(=O)(OCC)C(Nc1ccc2c(c1O)C(=O)C1=C(O)[C@@]3(O)C(=O)C(C(N)=O)=C(O)[C@H](N(C)C)[C@H]3[C@H](O)[C@H]1[C@@H]2C)c1ccccc1. The Labute approximate surface area is 277 Å². The van der Waals surface area contributed by atoms with E-state index in [1.807, 2.05) is 0 Å². The standard InChI is InChI=1S/C33H40N3O11P/c1-6-46-48(45,47-7-2)32(16-11-9-8-10-12-16)35-18-14-13-17-15(3)19-21(26(38)20(17)25(18)37)29(41)33(44)23(27(19)39)24(36(4)5)28(40)22(30(33)42)31(34)43/h8-15,19,23-24,27,32,35,37,39-41,44H,6-7H2,1-5H3,(H2,34,43)/t15-,19+,23+,24-,27-,32?,33-/m1/s1. The van der Waals surface area contributed by atoms with E-state index in [-0.39, 0.29) is 30.0 Å². The third kappa shape index (κ3) is 5.15. The minimum Gasteiger partial charge on any atom is -0.510 e. The van der Waals surface area contributed by atoms with Crippen LogP contribution in [0.1, 0.15) is 54.0 Å². The first-order valence-corrected chi connectivity index (χ1v) is 17.1. The minimum absolute atomic E-state index is 0.0421. The van der Waals surface area contributed by atoms with Gasteiger partial charge in [0.1, 0.15) is 22.8 Å². The fourth-order valence-electron chi connectivity index (χ4n) is 7.41. The number of phenolic OH excluding ortho intramolecular Hbond substituents is 1. The number of nitrogens with two attached hydrogens (primary N) is 1. The van der Waals surface area contributed by atoms with Crippen LogP contribution in [0, 0.1) is 11.8 Å². The fraction of sp³-hybridized carbons (Fsp3) is 0.424. The van der Waals surface area contributed by atoms with Crippen molar-refractivity contribution in [2.24, 2.45) is 17.6 Å². The van der Waals surface area contributed by atoms with Crippen molar-refractivity contribution in [3.63, 3.8) is 0 Å². The maximum atomic E-state index is 14.3. The van der Waals surface area contributed by atoms with Gasteiger partial charge in [-0.25, -0.2) is 0 Å². The molecule has 3 aliphatic rings. The molecule has 0 saturated carbocycles. The van der Waals surface area contributed by atoms with Gasteiger partial charge in [0, 0.05) is 11.5 Å². The summed E-state index contributed by atoms with van der Waals surface area (Å²) in [6.07, 6.45) is -1.72. The Morgan fingerprint density at radius 2 is 1.67 bits per heavy atom. The molecule has 15 heteroatoms. The molecule has 48 heavy (non-hydrogen) atoms. The molecule has 0 bridgehead atoms. The average Bonchev–Trinajstić information content (AvgIpc) is 3.02. The van der Waals surface area contributed by atoms with Crippen LogP contribution in [0.25, 0.3) is 0 Å². The van der Waals surface area contributed by atoms with Crippen LogP contribution < -0.4 is 11.1 Å². The molecule has 0 saturated heterocycles. The van der Waals surface area contributed by atoms with Crippen LogP contribution in [-0.4, -0.2) is 93.0 Å². The summed E-state index contributed by atoms with van der Waals surface area (Å²) in [5.74, 6) is -11.1. The van der Waals surface area contributed by atoms with Crippen molar-refractivity contribution in [1.82, 2.24) is 4.90 Å². The second kappa shape index (κ2) is 12.8. The highest BCUT2D eigenvalue weighted by molar-refractivity contribution is 7.54. The summed E-state index contributed by atoms with van der Waals surface area (Å²) in [5, 5.41) is 61.0. The molecule has 14 nitrogen and oxygen atoms in total. The number of aromatic hydroxyl groups is 1. The first-order valence-electron chi connectivity index (χ1n) is 15.5. The first kappa shape index (κ1) is 35.3. The van der Waals surface area contributed by atoms with Crippen molar-refractivity contribution in [3.05, 3.63) is 81.8 Å². The molecule has 0 aromatic heterocycles. The maximum absolute atomic E-state index is 14.3. The van der Waals surface area contributed by atoms with Gasteiger partial charge in [-0.1, -0.05) is 43.3 Å². The molecular weight excluding hydrogens is 645 g/mol. The second-order valence-electron chi connectivity index (χ2n) is 12.3. The van der Waals surface area contributed by atoms with E-state index in [1.165, 1.54) is 31.1 Å². The number of benzene rings is 2. The highest BCUT2D eigenvalue weighted by Crippen LogP contribution is 2.62. The molecule has 3 aliphatic carbocycles. The number of aliphatic hydroxyl groups is 4. The molecule has 5 rings (SSSR count). The van der Waals surface area contributed by atoms with Gasteiger partial charge in [0.2, 0.25) is 5.78 Å². The topological polar surface area (TPSA) is 229 Å². The predicted octanol–water partition coefficient (Wildman–Crippen LogP) is 3.03. The molecule has 0 radical (unpaired) electrons. The molecule has 8 N–H and O–H groups in total. The first-order chi connectivity index (χ1) is 22.6. The quantitative estimate of drug-likeness (QED) is 0.109. The highest BCUT2D eigenvalue weighted by atomic mass is 31.2. The van der Waals surface area contributed by atoms with Crippen molar-refractivity contribution < 1.29 is 53.5 Å². The Hall–Kier alpha value is -4.04. The summed E-state index contributed by atoms with van der Waals surface area (Å²) >= 11 is 0. The number of nitrogens with one attached hydrogen (secondary N) is 1. The van der Waals surface area contributed by atoms with Gasteiger partial charge in [-0.3, -0.25) is 23.8 Å². The van der Waals surface area contributed by atoms with Gasteiger partial charge in [0.05, 0.1) is 42.5 Å². The Kier molecular flexibility index (Phi) is 9.38. The van der Waals surface area contributed by atoms with E-state index in [0.29, 0.717) is 5.56 Å². The molecule has 0 aliphatic heterocycles. The van der Waals surface area contributed by atoms with E-state index < -0.39 is 94.8 Å². The monoisotopic (exact) mass is 685 g/mol. The Bertz CT molecular complexity index is 1770. The molecular formula is C33H40N3O11P. The molecule has 7 atom stereocenters. The summed E-state index contributed by atoms with van der Waals surface area (Å²) in [5.41, 5.74) is 1.28. The summed E-state index contributed by atoms with van der Waals surface area (Å²) in [4.78, 5) is 41.6. The lowest BCUT2D eigenvalue weighted by Crippen LogP contribution is -2.68. The number of aliphatic hydroxyl groups excluding tert-OH is 3. The number of phenols is 1. The molecule has 1 unspecified atom stereocenters. The lowest BCUT2D eigenvalue weighted by Gasteiger charge is -2.53. The fourth-order valence-corrected chi connectivity index (χ4v) is 9.34. The van der Waals surface area contributed by atoms with Crippen LogP contribution in [0.5, 0.6) is 5.75 Å². The lowest BCUT2D eigenvalue weighted by atomic mass is 9.55. The summed E-state index contributed by atoms with van der Waals surface area (Å²) in [6, 6.07) is 10.2. The van der Waals surface area contributed by atoms with Crippen LogP contribution in [0.3, 0.4) is 0 Å². The highest BCUT2D eigenvalue weighted by Gasteiger charge is 2.67. The molecule has 258 valence electrons. The van der Waals surface area contributed by atoms with Gasteiger partial charge in [0.15, 0.2) is 17.2 Å². The number of carbonyl (C=O) groups excluding carboxylic acids is 3. The second-order valence-corrected chi connectivity index (χ2v) is 14.4. The number of carbonyl (C=O) groups is 3. The number of hydrogen-bond acceptors (Lipinski definition) is 13. The largest absolute Gasteiger partial charge is 0.510 e. The number of fused-ring (bicyclic) bond motifs is 3. The van der Waals surface area contributed by atoms with E-state index in [9.17, 15) is 44.5 Å². The molecule has 0 heterocycles. The zero-order valence-corrected chi connectivity index (χ0v) is 28.0. The Morgan fingerprint density at radius 3 is 2.21 bits per heavy atom. The van der Waals surface area contributed by atoms with Crippen LogP contribution in [0.15, 0.2) is 65.1 Å². The number of rotatable bonds is 10. The zero-order chi connectivity index (χ0) is 35.5. The molecule has 2 aromatic rings. The summed E-state index contributed by atoms with van der Waals surface area (Å²) in [7, 11) is -0.992. The molecule has 2 aromatic carbocycles. The van der Waals surface area contributed by atoms with Crippen LogP contribution in [-0.2, 0) is 23.2 Å².